The monoisotopic (exact) mass is 403 g/mol. The van der Waals surface area contributed by atoms with Crippen LogP contribution in [0.3, 0.4) is 0 Å². The van der Waals surface area contributed by atoms with Crippen LogP contribution in [0.1, 0.15) is 21.5 Å². The van der Waals surface area contributed by atoms with Crippen molar-refractivity contribution in [2.45, 2.75) is 0 Å². The lowest BCUT2D eigenvalue weighted by Crippen LogP contribution is -2.20. The Balaban J connectivity index is 1.91. The summed E-state index contributed by atoms with van der Waals surface area (Å²) >= 11 is 6.10. The minimum atomic E-state index is -0.484. The van der Waals surface area contributed by atoms with Crippen molar-refractivity contribution < 1.29 is 9.59 Å². The number of benzene rings is 3. The van der Waals surface area contributed by atoms with Crippen molar-refractivity contribution in [2.75, 3.05) is 17.3 Å². The van der Waals surface area contributed by atoms with E-state index in [0.29, 0.717) is 21.8 Å². The van der Waals surface area contributed by atoms with Gasteiger partial charge in [0.25, 0.3) is 5.91 Å². The molecule has 29 heavy (non-hydrogen) atoms. The Morgan fingerprint density at radius 1 is 0.966 bits per heavy atom. The summed E-state index contributed by atoms with van der Waals surface area (Å²) in [4.78, 5) is 26.3. The van der Waals surface area contributed by atoms with Crippen LogP contribution in [0.5, 0.6) is 0 Å². The predicted molar refractivity (Wildman–Crippen MR) is 117 cm³/mol. The second-order valence-corrected chi connectivity index (χ2v) is 7.14. The molecule has 0 saturated heterocycles. The number of carbonyl (C=O) groups is 2. The molecule has 3 N–H and O–H groups in total. The van der Waals surface area contributed by atoms with Gasteiger partial charge in [-0.3, -0.25) is 9.59 Å². The third kappa shape index (κ3) is 3.48. The van der Waals surface area contributed by atoms with Gasteiger partial charge in [-0.25, -0.2) is 0 Å². The van der Waals surface area contributed by atoms with Gasteiger partial charge in [0, 0.05) is 28.9 Å². The molecule has 2 amide bonds. The Morgan fingerprint density at radius 3 is 2.31 bits per heavy atom. The normalized spacial score (nSPS) is 14.2. The average molecular weight is 404 g/mol. The molecule has 0 saturated carbocycles. The third-order valence-electron chi connectivity index (χ3n) is 4.88. The van der Waals surface area contributed by atoms with Crippen molar-refractivity contribution >= 4 is 46.1 Å². The molecule has 1 aliphatic heterocycles. The number of halogens is 1. The molecule has 0 spiro atoms. The van der Waals surface area contributed by atoms with Gasteiger partial charge in [0.2, 0.25) is 5.91 Å². The maximum Gasteiger partial charge on any atom is 0.258 e. The summed E-state index contributed by atoms with van der Waals surface area (Å²) in [6.45, 7) is 0. The molecule has 0 aliphatic carbocycles. The largest absolute Gasteiger partial charge is 0.366 e. The van der Waals surface area contributed by atoms with Crippen LogP contribution in [0.2, 0.25) is 5.02 Å². The number of hydrogen-bond donors (Lipinski definition) is 2. The molecule has 0 fully saturated rings. The van der Waals surface area contributed by atoms with Crippen LogP contribution in [0.25, 0.3) is 11.3 Å². The van der Waals surface area contributed by atoms with Gasteiger partial charge >= 0.3 is 0 Å². The lowest BCUT2D eigenvalue weighted by Gasteiger charge is -2.25. The van der Waals surface area contributed by atoms with E-state index >= 15 is 0 Å². The molecule has 1 heterocycles. The average Bonchev–Trinajstić information content (AvgIpc) is 3.04. The second-order valence-electron chi connectivity index (χ2n) is 6.70. The van der Waals surface area contributed by atoms with Gasteiger partial charge in [0.1, 0.15) is 0 Å². The van der Waals surface area contributed by atoms with Gasteiger partial charge in [-0.15, -0.1) is 0 Å². The lowest BCUT2D eigenvalue weighted by atomic mass is 9.99. The first-order valence-electron chi connectivity index (χ1n) is 9.00. The van der Waals surface area contributed by atoms with E-state index in [1.807, 2.05) is 48.3 Å². The Bertz CT molecular complexity index is 1140. The van der Waals surface area contributed by atoms with Crippen LogP contribution in [0.15, 0.2) is 72.8 Å². The van der Waals surface area contributed by atoms with Crippen LogP contribution in [-0.4, -0.2) is 18.9 Å². The highest BCUT2D eigenvalue weighted by molar-refractivity contribution is 6.38. The van der Waals surface area contributed by atoms with Crippen molar-refractivity contribution in [2.24, 2.45) is 5.73 Å². The second kappa shape index (κ2) is 7.45. The van der Waals surface area contributed by atoms with Crippen molar-refractivity contribution in [1.29, 1.82) is 0 Å². The maximum atomic E-state index is 12.9. The highest BCUT2D eigenvalue weighted by Crippen LogP contribution is 2.40. The van der Waals surface area contributed by atoms with Gasteiger partial charge in [-0.05, 0) is 42.0 Å². The number of anilines is 2. The van der Waals surface area contributed by atoms with E-state index < -0.39 is 5.91 Å². The Kier molecular flexibility index (Phi) is 4.82. The number of carbonyl (C=O) groups excluding carboxylic acids is 2. The summed E-state index contributed by atoms with van der Waals surface area (Å²) < 4.78 is 0. The van der Waals surface area contributed by atoms with E-state index in [9.17, 15) is 9.59 Å². The first-order chi connectivity index (χ1) is 14.0. The molecule has 3 aromatic carbocycles. The van der Waals surface area contributed by atoms with Crippen molar-refractivity contribution in [3.8, 4) is 0 Å². The summed E-state index contributed by atoms with van der Waals surface area (Å²) in [5.74, 6) is -0.677. The molecule has 0 radical (unpaired) electrons. The molecule has 0 aromatic heterocycles. The molecule has 6 heteroatoms. The van der Waals surface area contributed by atoms with Crippen molar-refractivity contribution in [3.63, 3.8) is 0 Å². The zero-order valence-corrected chi connectivity index (χ0v) is 16.4. The van der Waals surface area contributed by atoms with Crippen LogP contribution in [0.4, 0.5) is 11.4 Å². The van der Waals surface area contributed by atoms with E-state index in [-0.39, 0.29) is 5.91 Å². The molecule has 1 aliphatic rings. The van der Waals surface area contributed by atoms with Gasteiger partial charge < -0.3 is 16.0 Å². The van der Waals surface area contributed by atoms with Gasteiger partial charge in [0.05, 0.1) is 17.0 Å². The number of nitrogens with two attached hydrogens (primary N) is 1. The topological polar surface area (TPSA) is 75.4 Å². The van der Waals surface area contributed by atoms with E-state index in [0.717, 1.165) is 22.5 Å². The fourth-order valence-corrected chi connectivity index (χ4v) is 3.63. The van der Waals surface area contributed by atoms with Gasteiger partial charge in [-0.2, -0.15) is 0 Å². The van der Waals surface area contributed by atoms with E-state index in [2.05, 4.69) is 5.32 Å². The number of primary amides is 1. The SMILES string of the molecule is CN(/C(=C1\C(=O)Nc2cc(Cl)ccc21)c1ccccc1)c1ccc(C(N)=O)cc1. The molecule has 3 aromatic rings. The van der Waals surface area contributed by atoms with Crippen molar-refractivity contribution in [1.82, 2.24) is 0 Å². The lowest BCUT2D eigenvalue weighted by molar-refractivity contribution is -0.110. The standard InChI is InChI=1S/C23H18ClN3O2/c1-27(17-10-7-15(8-11-17)22(25)28)21(14-5-3-2-4-6-14)20-18-12-9-16(24)13-19(18)26-23(20)29/h2-13H,1H3,(H2,25,28)(H,26,29)/b21-20-. The zero-order valence-electron chi connectivity index (χ0n) is 15.6. The molecular formula is C23H18ClN3O2. The smallest absolute Gasteiger partial charge is 0.258 e. The highest BCUT2D eigenvalue weighted by Gasteiger charge is 2.30. The van der Waals surface area contributed by atoms with Crippen LogP contribution < -0.4 is 16.0 Å². The highest BCUT2D eigenvalue weighted by atomic mass is 35.5. The number of nitrogens with one attached hydrogen (secondary N) is 1. The summed E-state index contributed by atoms with van der Waals surface area (Å²) in [5.41, 5.74) is 10.3. The molecule has 5 nitrogen and oxygen atoms in total. The molecular weight excluding hydrogens is 386 g/mol. The van der Waals surface area contributed by atoms with Crippen LogP contribution in [0, 0.1) is 0 Å². The van der Waals surface area contributed by atoms with E-state index in [4.69, 9.17) is 17.3 Å². The number of fused-ring (bicyclic) bond motifs is 1. The molecule has 0 unspecified atom stereocenters. The van der Waals surface area contributed by atoms with Crippen molar-refractivity contribution in [3.05, 3.63) is 94.5 Å². The Morgan fingerprint density at radius 2 is 1.66 bits per heavy atom. The van der Waals surface area contributed by atoms with E-state index in [1.54, 1.807) is 36.4 Å². The molecule has 0 bridgehead atoms. The molecule has 4 rings (SSSR count). The molecule has 0 atom stereocenters. The molecule has 144 valence electrons. The Hall–Kier alpha value is -3.57. The maximum absolute atomic E-state index is 12.9. The minimum Gasteiger partial charge on any atom is -0.366 e. The minimum absolute atomic E-state index is 0.193. The summed E-state index contributed by atoms with van der Waals surface area (Å²) in [5, 5.41) is 3.46. The summed E-state index contributed by atoms with van der Waals surface area (Å²) in [7, 11) is 1.88. The third-order valence-corrected chi connectivity index (χ3v) is 5.12. The fraction of sp³-hybridized carbons (Fsp3) is 0.0435. The van der Waals surface area contributed by atoms with Crippen LogP contribution in [-0.2, 0) is 4.79 Å². The Labute approximate surface area is 173 Å². The first kappa shape index (κ1) is 18.8. The van der Waals surface area contributed by atoms with Gasteiger partial charge in [0.15, 0.2) is 0 Å². The fourth-order valence-electron chi connectivity index (χ4n) is 3.46. The van der Waals surface area contributed by atoms with Crippen LogP contribution >= 0.6 is 11.6 Å². The predicted octanol–water partition coefficient (Wildman–Crippen LogP) is 4.40. The summed E-state index contributed by atoms with van der Waals surface area (Å²) in [6, 6.07) is 22.0. The van der Waals surface area contributed by atoms with Gasteiger partial charge in [-0.1, -0.05) is 48.0 Å². The summed E-state index contributed by atoms with van der Waals surface area (Å²) in [6.07, 6.45) is 0. The number of hydrogen-bond acceptors (Lipinski definition) is 3. The number of amides is 2. The number of rotatable bonds is 4. The van der Waals surface area contributed by atoms with E-state index in [1.165, 1.54) is 0 Å². The zero-order chi connectivity index (χ0) is 20.5. The number of nitrogens with zero attached hydrogens (tertiary/aromatic N) is 1. The first-order valence-corrected chi connectivity index (χ1v) is 9.38. The quantitative estimate of drug-likeness (QED) is 0.634.